The van der Waals surface area contributed by atoms with Gasteiger partial charge in [0.05, 0.1) is 18.7 Å². The number of carbonyl (C=O) groups is 1. The summed E-state index contributed by atoms with van der Waals surface area (Å²) < 4.78 is 11.2. The number of carbonyl (C=O) groups excluding carboxylic acids is 1. The summed E-state index contributed by atoms with van der Waals surface area (Å²) >= 11 is 0. The number of rotatable bonds is 6. The van der Waals surface area contributed by atoms with Gasteiger partial charge >= 0.3 is 5.97 Å². The number of para-hydroxylation sites is 2. The van der Waals surface area contributed by atoms with E-state index in [1.807, 2.05) is 69.3 Å². The maximum atomic E-state index is 12.9. The lowest BCUT2D eigenvalue weighted by Crippen LogP contribution is -2.48. The van der Waals surface area contributed by atoms with Crippen LogP contribution in [0.3, 0.4) is 0 Å². The van der Waals surface area contributed by atoms with E-state index in [-0.39, 0.29) is 11.9 Å². The highest BCUT2D eigenvalue weighted by molar-refractivity contribution is 5.79. The van der Waals surface area contributed by atoms with Crippen LogP contribution in [-0.2, 0) is 9.53 Å². The summed E-state index contributed by atoms with van der Waals surface area (Å²) in [6.45, 7) is 10.00. The summed E-state index contributed by atoms with van der Waals surface area (Å²) in [7, 11) is 1.71. The van der Waals surface area contributed by atoms with Crippen LogP contribution < -0.4 is 9.64 Å². The van der Waals surface area contributed by atoms with Gasteiger partial charge in [-0.1, -0.05) is 42.5 Å². The van der Waals surface area contributed by atoms with Crippen molar-refractivity contribution in [1.29, 1.82) is 0 Å². The van der Waals surface area contributed by atoms with Crippen LogP contribution in [0, 0.1) is 0 Å². The Morgan fingerprint density at radius 2 is 1.59 bits per heavy atom. The lowest BCUT2D eigenvalue weighted by molar-refractivity contribution is -0.157. The highest BCUT2D eigenvalue weighted by Gasteiger charge is 2.30. The Hall–Kier alpha value is -2.53. The summed E-state index contributed by atoms with van der Waals surface area (Å²) in [6.07, 6.45) is 0. The molecule has 0 N–H and O–H groups in total. The molecule has 1 aliphatic heterocycles. The van der Waals surface area contributed by atoms with E-state index in [4.69, 9.17) is 9.47 Å². The van der Waals surface area contributed by atoms with Gasteiger partial charge in [0.1, 0.15) is 11.4 Å². The summed E-state index contributed by atoms with van der Waals surface area (Å²) in [5.41, 5.74) is 1.64. The topological polar surface area (TPSA) is 42.0 Å². The third-order valence-corrected chi connectivity index (χ3v) is 5.13. The predicted molar refractivity (Wildman–Crippen MR) is 117 cm³/mol. The van der Waals surface area contributed by atoms with Crippen molar-refractivity contribution in [2.24, 2.45) is 0 Å². The number of piperazine rings is 1. The summed E-state index contributed by atoms with van der Waals surface area (Å²) in [5.74, 6) is 0.459. The molecule has 29 heavy (non-hydrogen) atoms. The first-order valence-corrected chi connectivity index (χ1v) is 10.3. The van der Waals surface area contributed by atoms with Crippen molar-refractivity contribution in [3.05, 3.63) is 60.2 Å². The first kappa shape index (κ1) is 21.2. The molecule has 0 radical (unpaired) electrons. The fourth-order valence-electron chi connectivity index (χ4n) is 3.69. The first-order valence-electron chi connectivity index (χ1n) is 10.3. The van der Waals surface area contributed by atoms with Gasteiger partial charge in [-0.05, 0) is 38.5 Å². The molecular weight excluding hydrogens is 364 g/mol. The van der Waals surface area contributed by atoms with Crippen LogP contribution in [0.5, 0.6) is 5.75 Å². The Balaban J connectivity index is 1.67. The van der Waals surface area contributed by atoms with Crippen molar-refractivity contribution in [2.45, 2.75) is 32.3 Å². The molecule has 156 valence electrons. The van der Waals surface area contributed by atoms with Crippen LogP contribution in [0.1, 0.15) is 32.3 Å². The average molecular weight is 397 g/mol. The molecule has 2 aromatic rings. The van der Waals surface area contributed by atoms with Crippen molar-refractivity contribution >= 4 is 11.7 Å². The number of benzene rings is 2. The molecule has 3 rings (SSSR count). The second-order valence-corrected chi connectivity index (χ2v) is 8.46. The van der Waals surface area contributed by atoms with Crippen molar-refractivity contribution in [1.82, 2.24) is 4.90 Å². The normalized spacial score (nSPS) is 16.3. The maximum absolute atomic E-state index is 12.9. The highest BCUT2D eigenvalue weighted by Crippen LogP contribution is 2.29. The van der Waals surface area contributed by atoms with Crippen LogP contribution >= 0.6 is 0 Å². The molecule has 1 saturated heterocycles. The number of anilines is 1. The summed E-state index contributed by atoms with van der Waals surface area (Å²) in [6, 6.07) is 18.1. The van der Waals surface area contributed by atoms with Gasteiger partial charge in [0.2, 0.25) is 0 Å². The van der Waals surface area contributed by atoms with Crippen molar-refractivity contribution < 1.29 is 14.3 Å². The van der Waals surface area contributed by atoms with Crippen LogP contribution in [0.15, 0.2) is 54.6 Å². The monoisotopic (exact) mass is 396 g/mol. The zero-order valence-electron chi connectivity index (χ0n) is 17.9. The van der Waals surface area contributed by atoms with Crippen molar-refractivity contribution in [3.63, 3.8) is 0 Å². The van der Waals surface area contributed by atoms with Crippen molar-refractivity contribution in [3.8, 4) is 5.75 Å². The Bertz CT molecular complexity index is 793. The molecule has 0 spiro atoms. The molecular formula is C24H32N2O3. The van der Waals surface area contributed by atoms with Gasteiger partial charge in [0.15, 0.2) is 0 Å². The van der Waals surface area contributed by atoms with E-state index in [1.54, 1.807) is 7.11 Å². The minimum Gasteiger partial charge on any atom is -0.495 e. The van der Waals surface area contributed by atoms with Gasteiger partial charge < -0.3 is 14.4 Å². The number of esters is 1. The van der Waals surface area contributed by atoms with E-state index < -0.39 is 5.60 Å². The number of ether oxygens (including phenoxy) is 2. The van der Waals surface area contributed by atoms with Crippen LogP contribution in [0.2, 0.25) is 0 Å². The van der Waals surface area contributed by atoms with E-state index in [0.29, 0.717) is 6.54 Å². The molecule has 0 aromatic heterocycles. The lowest BCUT2D eigenvalue weighted by atomic mass is 9.97. The van der Waals surface area contributed by atoms with Gasteiger partial charge in [0, 0.05) is 32.7 Å². The molecule has 1 aliphatic rings. The first-order chi connectivity index (χ1) is 13.9. The van der Waals surface area contributed by atoms with E-state index >= 15 is 0 Å². The Labute approximate surface area is 174 Å². The van der Waals surface area contributed by atoms with Crippen LogP contribution in [0.25, 0.3) is 0 Å². The zero-order chi connectivity index (χ0) is 20.9. The molecule has 1 heterocycles. The second kappa shape index (κ2) is 9.31. The number of methoxy groups -OCH3 is 1. The van der Waals surface area contributed by atoms with Gasteiger partial charge in [-0.15, -0.1) is 0 Å². The third-order valence-electron chi connectivity index (χ3n) is 5.13. The highest BCUT2D eigenvalue weighted by atomic mass is 16.6. The van der Waals surface area contributed by atoms with Gasteiger partial charge in [-0.2, -0.15) is 0 Å². The third kappa shape index (κ3) is 5.73. The summed E-state index contributed by atoms with van der Waals surface area (Å²) in [5, 5.41) is 0. The number of hydrogen-bond acceptors (Lipinski definition) is 5. The van der Waals surface area contributed by atoms with E-state index in [9.17, 15) is 4.79 Å². The van der Waals surface area contributed by atoms with E-state index in [2.05, 4.69) is 15.9 Å². The van der Waals surface area contributed by atoms with E-state index in [1.165, 1.54) is 0 Å². The molecule has 0 aliphatic carbocycles. The smallest absolute Gasteiger partial charge is 0.315 e. The van der Waals surface area contributed by atoms with E-state index in [0.717, 1.165) is 43.2 Å². The number of hydrogen-bond donors (Lipinski definition) is 0. The van der Waals surface area contributed by atoms with Gasteiger partial charge in [-0.25, -0.2) is 0 Å². The van der Waals surface area contributed by atoms with Crippen LogP contribution in [-0.4, -0.2) is 56.3 Å². The quantitative estimate of drug-likeness (QED) is 0.692. The Morgan fingerprint density at radius 1 is 0.966 bits per heavy atom. The summed E-state index contributed by atoms with van der Waals surface area (Å²) in [4.78, 5) is 17.6. The molecule has 1 fully saturated rings. The predicted octanol–water partition coefficient (Wildman–Crippen LogP) is 3.94. The SMILES string of the molecule is COc1ccccc1N1CCN(CC(C(=O)OC(C)(C)C)c2ccccc2)CC1. The molecule has 1 atom stereocenters. The largest absolute Gasteiger partial charge is 0.495 e. The molecule has 0 bridgehead atoms. The fourth-order valence-corrected chi connectivity index (χ4v) is 3.69. The minimum absolute atomic E-state index is 0.157. The molecule has 5 nitrogen and oxygen atoms in total. The molecule has 2 aromatic carbocycles. The molecule has 0 saturated carbocycles. The fraction of sp³-hybridized carbons (Fsp3) is 0.458. The molecule has 1 unspecified atom stereocenters. The Kier molecular flexibility index (Phi) is 6.80. The zero-order valence-corrected chi connectivity index (χ0v) is 17.9. The lowest BCUT2D eigenvalue weighted by Gasteiger charge is -2.38. The Morgan fingerprint density at radius 3 is 2.21 bits per heavy atom. The minimum atomic E-state index is -0.493. The average Bonchev–Trinajstić information content (AvgIpc) is 2.72. The molecule has 0 amide bonds. The standard InChI is InChI=1S/C24H32N2O3/c1-24(2,3)29-23(27)20(19-10-6-5-7-11-19)18-25-14-16-26(17-15-25)21-12-8-9-13-22(21)28-4/h5-13,20H,14-18H2,1-4H3. The maximum Gasteiger partial charge on any atom is 0.315 e. The van der Waals surface area contributed by atoms with Crippen LogP contribution in [0.4, 0.5) is 5.69 Å². The molecule has 5 heteroatoms. The van der Waals surface area contributed by atoms with Gasteiger partial charge in [-0.3, -0.25) is 9.69 Å². The van der Waals surface area contributed by atoms with Gasteiger partial charge in [0.25, 0.3) is 0 Å². The number of nitrogens with zero attached hydrogens (tertiary/aromatic N) is 2. The van der Waals surface area contributed by atoms with Crippen molar-refractivity contribution in [2.75, 3.05) is 44.7 Å². The second-order valence-electron chi connectivity index (χ2n) is 8.46.